The summed E-state index contributed by atoms with van der Waals surface area (Å²) in [7, 11) is 1.74. The molecule has 0 amide bonds. The number of nitrogens with zero attached hydrogens (tertiary/aromatic N) is 1. The van der Waals surface area contributed by atoms with Gasteiger partial charge in [-0.1, -0.05) is 6.92 Å². The van der Waals surface area contributed by atoms with Gasteiger partial charge in [0.05, 0.1) is 6.61 Å². The fraction of sp³-hybridized carbons (Fsp3) is 1.00. The fourth-order valence-electron chi connectivity index (χ4n) is 3.09. The number of ether oxygens (including phenoxy) is 2. The van der Waals surface area contributed by atoms with Gasteiger partial charge in [0.2, 0.25) is 0 Å². The second-order valence-electron chi connectivity index (χ2n) is 6.58. The Balaban J connectivity index is 1.72. The standard InChI is InChI=1S/C16H32N2O2/c1-4-16(2)13-17-15(14-6-7-14)12-18(16)8-11-20-10-5-9-19-3/h14-15,17H,4-13H2,1-3H3. The smallest absolute Gasteiger partial charge is 0.0593 e. The second-order valence-corrected chi connectivity index (χ2v) is 6.58. The number of methoxy groups -OCH3 is 1. The third kappa shape index (κ3) is 4.42. The van der Waals surface area contributed by atoms with Crippen LogP contribution in [0.25, 0.3) is 0 Å². The number of piperazine rings is 1. The molecule has 4 heteroatoms. The van der Waals surface area contributed by atoms with E-state index in [9.17, 15) is 0 Å². The van der Waals surface area contributed by atoms with Gasteiger partial charge >= 0.3 is 0 Å². The molecule has 2 fully saturated rings. The molecule has 0 spiro atoms. The van der Waals surface area contributed by atoms with E-state index in [0.29, 0.717) is 11.6 Å². The minimum atomic E-state index is 0.293. The zero-order valence-corrected chi connectivity index (χ0v) is 13.5. The summed E-state index contributed by atoms with van der Waals surface area (Å²) in [6.07, 6.45) is 5.03. The molecular formula is C16H32N2O2. The second kappa shape index (κ2) is 7.74. The van der Waals surface area contributed by atoms with Crippen LogP contribution in [0.15, 0.2) is 0 Å². The molecule has 1 aliphatic carbocycles. The first-order valence-electron chi connectivity index (χ1n) is 8.24. The monoisotopic (exact) mass is 284 g/mol. The van der Waals surface area contributed by atoms with Crippen LogP contribution in [0.2, 0.25) is 0 Å². The Bertz CT molecular complexity index is 284. The topological polar surface area (TPSA) is 33.7 Å². The van der Waals surface area contributed by atoms with Gasteiger partial charge in [-0.3, -0.25) is 4.90 Å². The van der Waals surface area contributed by atoms with Gasteiger partial charge in [0.15, 0.2) is 0 Å². The maximum Gasteiger partial charge on any atom is 0.0593 e. The molecule has 2 unspecified atom stereocenters. The zero-order valence-electron chi connectivity index (χ0n) is 13.5. The van der Waals surface area contributed by atoms with Crippen molar-refractivity contribution in [1.82, 2.24) is 10.2 Å². The van der Waals surface area contributed by atoms with Crippen LogP contribution >= 0.6 is 0 Å². The average molecular weight is 284 g/mol. The molecule has 1 heterocycles. The SMILES string of the molecule is CCC1(C)CNC(C2CC2)CN1CCOCCCOC. The van der Waals surface area contributed by atoms with Crippen molar-refractivity contribution in [1.29, 1.82) is 0 Å². The Kier molecular flexibility index (Phi) is 6.27. The van der Waals surface area contributed by atoms with Crippen molar-refractivity contribution >= 4 is 0 Å². The number of hydrogen-bond acceptors (Lipinski definition) is 4. The largest absolute Gasteiger partial charge is 0.385 e. The summed E-state index contributed by atoms with van der Waals surface area (Å²) < 4.78 is 10.8. The molecule has 1 N–H and O–H groups in total. The summed E-state index contributed by atoms with van der Waals surface area (Å²) in [4.78, 5) is 2.66. The van der Waals surface area contributed by atoms with Crippen molar-refractivity contribution < 1.29 is 9.47 Å². The molecule has 1 saturated heterocycles. The molecule has 2 rings (SSSR count). The summed E-state index contributed by atoms with van der Waals surface area (Å²) in [5.41, 5.74) is 0.293. The highest BCUT2D eigenvalue weighted by atomic mass is 16.5. The third-order valence-electron chi connectivity index (χ3n) is 5.02. The molecule has 0 aromatic heterocycles. The van der Waals surface area contributed by atoms with Crippen LogP contribution in [-0.4, -0.2) is 63.0 Å². The quantitative estimate of drug-likeness (QED) is 0.656. The van der Waals surface area contributed by atoms with Crippen molar-refractivity contribution in [3.8, 4) is 0 Å². The number of rotatable bonds is 9. The molecular weight excluding hydrogens is 252 g/mol. The first-order valence-corrected chi connectivity index (χ1v) is 8.24. The van der Waals surface area contributed by atoms with Gasteiger partial charge in [-0.15, -0.1) is 0 Å². The predicted molar refractivity (Wildman–Crippen MR) is 82.1 cm³/mol. The van der Waals surface area contributed by atoms with Crippen molar-refractivity contribution in [2.24, 2.45) is 5.92 Å². The number of nitrogens with one attached hydrogen (secondary N) is 1. The lowest BCUT2D eigenvalue weighted by atomic mass is 9.91. The lowest BCUT2D eigenvalue weighted by Gasteiger charge is -2.48. The molecule has 20 heavy (non-hydrogen) atoms. The summed E-state index contributed by atoms with van der Waals surface area (Å²) >= 11 is 0. The lowest BCUT2D eigenvalue weighted by molar-refractivity contribution is 0.0111. The van der Waals surface area contributed by atoms with Crippen molar-refractivity contribution in [2.45, 2.75) is 51.1 Å². The molecule has 0 bridgehead atoms. The van der Waals surface area contributed by atoms with Crippen LogP contribution in [0, 0.1) is 5.92 Å². The highest BCUT2D eigenvalue weighted by Crippen LogP contribution is 2.36. The highest BCUT2D eigenvalue weighted by Gasteiger charge is 2.41. The summed E-state index contributed by atoms with van der Waals surface area (Å²) in [6.45, 7) is 10.5. The summed E-state index contributed by atoms with van der Waals surface area (Å²) in [6, 6.07) is 0.711. The molecule has 1 saturated carbocycles. The van der Waals surface area contributed by atoms with Crippen molar-refractivity contribution in [2.75, 3.05) is 46.6 Å². The van der Waals surface area contributed by atoms with E-state index in [0.717, 1.165) is 45.2 Å². The summed E-state index contributed by atoms with van der Waals surface area (Å²) in [5.74, 6) is 0.932. The van der Waals surface area contributed by atoms with E-state index in [-0.39, 0.29) is 0 Å². The van der Waals surface area contributed by atoms with Crippen LogP contribution in [0.3, 0.4) is 0 Å². The fourth-order valence-corrected chi connectivity index (χ4v) is 3.09. The van der Waals surface area contributed by atoms with Crippen LogP contribution in [0.1, 0.15) is 39.5 Å². The molecule has 0 aromatic rings. The molecule has 4 nitrogen and oxygen atoms in total. The van der Waals surface area contributed by atoms with Gasteiger partial charge in [-0.05, 0) is 38.5 Å². The molecule has 0 aromatic carbocycles. The minimum absolute atomic E-state index is 0.293. The molecule has 118 valence electrons. The average Bonchev–Trinajstić information content (AvgIpc) is 3.29. The van der Waals surface area contributed by atoms with E-state index >= 15 is 0 Å². The van der Waals surface area contributed by atoms with Gasteiger partial charge in [0.1, 0.15) is 0 Å². The normalized spacial score (nSPS) is 31.6. The van der Waals surface area contributed by atoms with Gasteiger partial charge < -0.3 is 14.8 Å². The maximum absolute atomic E-state index is 5.75. The zero-order chi connectivity index (χ0) is 14.4. The molecule has 1 aliphatic heterocycles. The van der Waals surface area contributed by atoms with Crippen molar-refractivity contribution in [3.05, 3.63) is 0 Å². The Morgan fingerprint density at radius 3 is 2.70 bits per heavy atom. The van der Waals surface area contributed by atoms with E-state index < -0.39 is 0 Å². The van der Waals surface area contributed by atoms with E-state index in [1.807, 2.05) is 0 Å². The third-order valence-corrected chi connectivity index (χ3v) is 5.02. The minimum Gasteiger partial charge on any atom is -0.385 e. The van der Waals surface area contributed by atoms with Gasteiger partial charge in [0.25, 0.3) is 0 Å². The maximum atomic E-state index is 5.75. The van der Waals surface area contributed by atoms with Gasteiger partial charge in [-0.25, -0.2) is 0 Å². The Morgan fingerprint density at radius 2 is 2.05 bits per heavy atom. The molecule has 2 aliphatic rings. The molecule has 0 radical (unpaired) electrons. The Morgan fingerprint density at radius 1 is 1.25 bits per heavy atom. The first kappa shape index (κ1) is 16.2. The lowest BCUT2D eigenvalue weighted by Crippen LogP contribution is -2.64. The Labute approximate surface area is 124 Å². The van der Waals surface area contributed by atoms with Crippen LogP contribution in [0.4, 0.5) is 0 Å². The number of hydrogen-bond donors (Lipinski definition) is 1. The van der Waals surface area contributed by atoms with E-state index in [2.05, 4.69) is 24.1 Å². The molecule has 2 atom stereocenters. The van der Waals surface area contributed by atoms with Gasteiger partial charge in [0, 0.05) is 51.5 Å². The van der Waals surface area contributed by atoms with Gasteiger partial charge in [-0.2, -0.15) is 0 Å². The van der Waals surface area contributed by atoms with Crippen molar-refractivity contribution in [3.63, 3.8) is 0 Å². The first-order chi connectivity index (χ1) is 9.69. The summed E-state index contributed by atoms with van der Waals surface area (Å²) in [5, 5.41) is 3.77. The highest BCUT2D eigenvalue weighted by molar-refractivity contribution is 4.99. The Hall–Kier alpha value is -0.160. The van der Waals surface area contributed by atoms with E-state index in [1.54, 1.807) is 7.11 Å². The van der Waals surface area contributed by atoms with Crippen LogP contribution in [0.5, 0.6) is 0 Å². The predicted octanol–water partition coefficient (Wildman–Crippen LogP) is 1.89. The van der Waals surface area contributed by atoms with E-state index in [4.69, 9.17) is 9.47 Å². The van der Waals surface area contributed by atoms with Crippen LogP contribution < -0.4 is 5.32 Å². The van der Waals surface area contributed by atoms with E-state index in [1.165, 1.54) is 25.8 Å². The van der Waals surface area contributed by atoms with Crippen LogP contribution in [-0.2, 0) is 9.47 Å².